The van der Waals surface area contributed by atoms with Gasteiger partial charge in [-0.3, -0.25) is 9.69 Å². The van der Waals surface area contributed by atoms with E-state index in [-0.39, 0.29) is 23.8 Å². The van der Waals surface area contributed by atoms with Crippen LogP contribution in [0.4, 0.5) is 5.82 Å². The molecule has 1 aliphatic heterocycles. The highest BCUT2D eigenvalue weighted by atomic mass is 16.5. The number of pyridine rings is 1. The third-order valence-electron chi connectivity index (χ3n) is 3.22. The molecule has 92 valence electrons. The number of carbonyl (C=O) groups excluding carboxylic acids is 1. The molecule has 1 aromatic rings. The molecule has 2 heterocycles. The van der Waals surface area contributed by atoms with E-state index in [2.05, 4.69) is 4.98 Å². The summed E-state index contributed by atoms with van der Waals surface area (Å²) in [5, 5.41) is 0. The number of nitrogens with zero attached hydrogens (tertiary/aromatic N) is 2. The van der Waals surface area contributed by atoms with Gasteiger partial charge in [-0.1, -0.05) is 13.8 Å². The first-order valence-corrected chi connectivity index (χ1v) is 5.91. The van der Waals surface area contributed by atoms with Crippen LogP contribution in [0.1, 0.15) is 20.8 Å². The van der Waals surface area contributed by atoms with Crippen LogP contribution in [-0.2, 0) is 4.79 Å². The molecule has 0 radical (unpaired) electrons. The first kappa shape index (κ1) is 11.9. The van der Waals surface area contributed by atoms with Crippen molar-refractivity contribution in [3.8, 4) is 5.75 Å². The van der Waals surface area contributed by atoms with Gasteiger partial charge in [0.25, 0.3) is 0 Å². The molecule has 1 amide bonds. The zero-order valence-electron chi connectivity index (χ0n) is 10.7. The second-order valence-corrected chi connectivity index (χ2v) is 4.82. The van der Waals surface area contributed by atoms with Crippen molar-refractivity contribution in [3.05, 3.63) is 18.3 Å². The molecule has 4 nitrogen and oxygen atoms in total. The Morgan fingerprint density at radius 2 is 2.18 bits per heavy atom. The maximum Gasteiger partial charge on any atom is 0.235 e. The van der Waals surface area contributed by atoms with Crippen LogP contribution in [0, 0.1) is 11.8 Å². The summed E-state index contributed by atoms with van der Waals surface area (Å²) in [5.41, 5.74) is 0. The first-order valence-electron chi connectivity index (χ1n) is 5.91. The third-order valence-corrected chi connectivity index (χ3v) is 3.22. The van der Waals surface area contributed by atoms with Gasteiger partial charge in [-0.05, 0) is 25.0 Å². The van der Waals surface area contributed by atoms with Crippen LogP contribution in [0.3, 0.4) is 0 Å². The summed E-state index contributed by atoms with van der Waals surface area (Å²) in [6.45, 7) is 6.03. The molecule has 0 aromatic carbocycles. The molecule has 0 aliphatic carbocycles. The Kier molecular flexibility index (Phi) is 3.05. The molecule has 2 rings (SSSR count). The number of aromatic nitrogens is 1. The molecular weight excluding hydrogens is 216 g/mol. The summed E-state index contributed by atoms with van der Waals surface area (Å²) in [6.07, 6.45) is 1.54. The van der Waals surface area contributed by atoms with Gasteiger partial charge in [0.05, 0.1) is 5.92 Å². The van der Waals surface area contributed by atoms with Gasteiger partial charge < -0.3 is 4.74 Å². The van der Waals surface area contributed by atoms with Crippen molar-refractivity contribution in [2.45, 2.75) is 26.9 Å². The Morgan fingerprint density at radius 1 is 1.47 bits per heavy atom. The van der Waals surface area contributed by atoms with Crippen molar-refractivity contribution in [1.29, 1.82) is 0 Å². The lowest BCUT2D eigenvalue weighted by Gasteiger charge is -2.25. The van der Waals surface area contributed by atoms with Crippen LogP contribution in [0.25, 0.3) is 0 Å². The van der Waals surface area contributed by atoms with Crippen LogP contribution < -0.4 is 9.64 Å². The number of hydrogen-bond donors (Lipinski definition) is 0. The van der Waals surface area contributed by atoms with E-state index in [0.29, 0.717) is 11.6 Å². The van der Waals surface area contributed by atoms with Gasteiger partial charge in [0.2, 0.25) is 5.91 Å². The molecule has 1 aliphatic rings. The fourth-order valence-corrected chi connectivity index (χ4v) is 2.36. The van der Waals surface area contributed by atoms with Crippen molar-refractivity contribution in [1.82, 2.24) is 4.98 Å². The summed E-state index contributed by atoms with van der Waals surface area (Å²) >= 11 is 0. The molecule has 2 unspecified atom stereocenters. The van der Waals surface area contributed by atoms with Gasteiger partial charge in [-0.15, -0.1) is 0 Å². The summed E-state index contributed by atoms with van der Waals surface area (Å²) in [7, 11) is 1.75. The molecule has 0 saturated carbocycles. The van der Waals surface area contributed by atoms with E-state index in [1.165, 1.54) is 0 Å². The van der Waals surface area contributed by atoms with Gasteiger partial charge in [-0.2, -0.15) is 0 Å². The summed E-state index contributed by atoms with van der Waals surface area (Å²) in [6, 6.07) is 3.67. The van der Waals surface area contributed by atoms with Crippen LogP contribution in [0.2, 0.25) is 0 Å². The van der Waals surface area contributed by atoms with E-state index in [9.17, 15) is 4.79 Å². The van der Waals surface area contributed by atoms with Gasteiger partial charge in [-0.25, -0.2) is 4.98 Å². The minimum atomic E-state index is -0.130. The van der Waals surface area contributed by atoms with Crippen molar-refractivity contribution < 1.29 is 9.53 Å². The number of anilines is 1. The standard InChI is InChI=1S/C13H18N2O2/c1-8(2)11-9(3)17-10-6-5-7-14-12(10)15(4)13(11)16/h5-9,11H,1-4H3. The largest absolute Gasteiger partial charge is 0.486 e. The third kappa shape index (κ3) is 1.99. The molecular formula is C13H18N2O2. The number of rotatable bonds is 1. The lowest BCUT2D eigenvalue weighted by molar-refractivity contribution is -0.125. The smallest absolute Gasteiger partial charge is 0.235 e. The highest BCUT2D eigenvalue weighted by Gasteiger charge is 2.36. The van der Waals surface area contributed by atoms with Crippen LogP contribution in [-0.4, -0.2) is 24.0 Å². The summed E-state index contributed by atoms with van der Waals surface area (Å²) < 4.78 is 5.85. The number of amides is 1. The fourth-order valence-electron chi connectivity index (χ4n) is 2.36. The molecule has 1 aromatic heterocycles. The SMILES string of the molecule is CC(C)C1C(=O)N(C)c2ncccc2OC1C. The number of ether oxygens (including phenoxy) is 1. The average Bonchev–Trinajstić information content (AvgIpc) is 2.36. The van der Waals surface area contributed by atoms with Gasteiger partial charge in [0.15, 0.2) is 11.6 Å². The van der Waals surface area contributed by atoms with Crippen molar-refractivity contribution >= 4 is 11.7 Å². The van der Waals surface area contributed by atoms with Gasteiger partial charge >= 0.3 is 0 Å². The second kappa shape index (κ2) is 4.35. The van der Waals surface area contributed by atoms with E-state index in [0.717, 1.165) is 0 Å². The first-order chi connectivity index (χ1) is 8.02. The highest BCUT2D eigenvalue weighted by Crippen LogP contribution is 2.33. The Morgan fingerprint density at radius 3 is 2.82 bits per heavy atom. The number of hydrogen-bond acceptors (Lipinski definition) is 3. The molecule has 2 atom stereocenters. The average molecular weight is 234 g/mol. The minimum absolute atomic E-state index is 0.0740. The normalized spacial score (nSPS) is 24.3. The van der Waals surface area contributed by atoms with E-state index in [1.807, 2.05) is 32.9 Å². The molecule has 0 bridgehead atoms. The van der Waals surface area contributed by atoms with E-state index < -0.39 is 0 Å². The second-order valence-electron chi connectivity index (χ2n) is 4.82. The van der Waals surface area contributed by atoms with E-state index in [1.54, 1.807) is 18.1 Å². The molecule has 4 heteroatoms. The van der Waals surface area contributed by atoms with Crippen LogP contribution in [0.15, 0.2) is 18.3 Å². The lowest BCUT2D eigenvalue weighted by atomic mass is 9.90. The lowest BCUT2D eigenvalue weighted by Crippen LogP contribution is -2.40. The van der Waals surface area contributed by atoms with Crippen LogP contribution in [0.5, 0.6) is 5.75 Å². The summed E-state index contributed by atoms with van der Waals surface area (Å²) in [5.74, 6) is 1.47. The summed E-state index contributed by atoms with van der Waals surface area (Å²) in [4.78, 5) is 18.2. The molecule has 17 heavy (non-hydrogen) atoms. The quantitative estimate of drug-likeness (QED) is 0.747. The van der Waals surface area contributed by atoms with E-state index in [4.69, 9.17) is 4.74 Å². The van der Waals surface area contributed by atoms with Crippen LogP contribution >= 0.6 is 0 Å². The van der Waals surface area contributed by atoms with E-state index >= 15 is 0 Å². The highest BCUT2D eigenvalue weighted by molar-refractivity contribution is 5.96. The monoisotopic (exact) mass is 234 g/mol. The zero-order chi connectivity index (χ0) is 12.6. The number of fused-ring (bicyclic) bond motifs is 1. The van der Waals surface area contributed by atoms with Gasteiger partial charge in [0, 0.05) is 13.2 Å². The molecule has 0 N–H and O–H groups in total. The molecule has 0 spiro atoms. The van der Waals surface area contributed by atoms with Crippen molar-refractivity contribution in [2.75, 3.05) is 11.9 Å². The van der Waals surface area contributed by atoms with Gasteiger partial charge in [0.1, 0.15) is 6.10 Å². The topological polar surface area (TPSA) is 42.4 Å². The maximum absolute atomic E-state index is 12.4. The zero-order valence-corrected chi connectivity index (χ0v) is 10.7. The molecule has 0 saturated heterocycles. The predicted octanol–water partition coefficient (Wildman–Crippen LogP) is 2.10. The van der Waals surface area contributed by atoms with Crippen molar-refractivity contribution in [3.63, 3.8) is 0 Å². The van der Waals surface area contributed by atoms with Crippen molar-refractivity contribution in [2.24, 2.45) is 11.8 Å². The predicted molar refractivity (Wildman–Crippen MR) is 66.1 cm³/mol. The Hall–Kier alpha value is -1.58. The fraction of sp³-hybridized carbons (Fsp3) is 0.538. The Bertz CT molecular complexity index is 431. The maximum atomic E-state index is 12.4. The molecule has 0 fully saturated rings. The Balaban J connectivity index is 2.45. The Labute approximate surface area is 102 Å². The minimum Gasteiger partial charge on any atom is -0.486 e. The number of carbonyl (C=O) groups is 1.